The molecule has 17 heavy (non-hydrogen) atoms. The van der Waals surface area contributed by atoms with Crippen molar-refractivity contribution in [3.63, 3.8) is 0 Å². The SMILES string of the molecule is C[C@@H]1Cc2c(cnn2C)[C@H](c2ccccc2)C1. The van der Waals surface area contributed by atoms with Crippen molar-refractivity contribution < 1.29 is 0 Å². The number of benzene rings is 1. The van der Waals surface area contributed by atoms with Crippen molar-refractivity contribution in [2.45, 2.75) is 25.7 Å². The first-order valence-corrected chi connectivity index (χ1v) is 6.31. The average Bonchev–Trinajstić information content (AvgIpc) is 2.72. The van der Waals surface area contributed by atoms with E-state index in [1.807, 2.05) is 4.68 Å². The molecule has 88 valence electrons. The summed E-state index contributed by atoms with van der Waals surface area (Å²) < 4.78 is 2.04. The molecule has 0 bridgehead atoms. The summed E-state index contributed by atoms with van der Waals surface area (Å²) in [7, 11) is 2.05. The van der Waals surface area contributed by atoms with Gasteiger partial charge in [-0.2, -0.15) is 5.10 Å². The lowest BCUT2D eigenvalue weighted by molar-refractivity contribution is 0.448. The number of aryl methyl sites for hydroxylation is 1. The van der Waals surface area contributed by atoms with Gasteiger partial charge in [-0.1, -0.05) is 37.3 Å². The quantitative estimate of drug-likeness (QED) is 0.730. The van der Waals surface area contributed by atoms with Gasteiger partial charge in [0.1, 0.15) is 0 Å². The minimum atomic E-state index is 0.531. The lowest BCUT2D eigenvalue weighted by Crippen LogP contribution is -2.18. The van der Waals surface area contributed by atoms with Crippen LogP contribution in [0, 0.1) is 5.92 Å². The zero-order valence-corrected chi connectivity index (χ0v) is 10.4. The molecular weight excluding hydrogens is 208 g/mol. The molecule has 0 spiro atoms. The molecule has 0 N–H and O–H groups in total. The Kier molecular flexibility index (Phi) is 2.50. The second kappa shape index (κ2) is 4.02. The van der Waals surface area contributed by atoms with Crippen molar-refractivity contribution in [2.75, 3.05) is 0 Å². The van der Waals surface area contributed by atoms with Crippen LogP contribution >= 0.6 is 0 Å². The topological polar surface area (TPSA) is 17.8 Å². The maximum Gasteiger partial charge on any atom is 0.0530 e. The van der Waals surface area contributed by atoms with Crippen LogP contribution in [0.5, 0.6) is 0 Å². The Morgan fingerprint density at radius 3 is 2.76 bits per heavy atom. The van der Waals surface area contributed by atoms with E-state index in [1.54, 1.807) is 0 Å². The van der Waals surface area contributed by atoms with E-state index in [0.717, 1.165) is 12.3 Å². The highest BCUT2D eigenvalue weighted by atomic mass is 15.3. The van der Waals surface area contributed by atoms with Crippen LogP contribution in [0.15, 0.2) is 36.5 Å². The molecule has 0 fully saturated rings. The fraction of sp³-hybridized carbons (Fsp3) is 0.400. The second-order valence-corrected chi connectivity index (χ2v) is 5.18. The fourth-order valence-corrected chi connectivity index (χ4v) is 2.96. The lowest BCUT2D eigenvalue weighted by Gasteiger charge is -2.27. The maximum atomic E-state index is 4.43. The molecule has 1 aromatic carbocycles. The van der Waals surface area contributed by atoms with Gasteiger partial charge in [-0.25, -0.2) is 0 Å². The molecule has 1 aliphatic rings. The minimum Gasteiger partial charge on any atom is -0.272 e. The normalized spacial score (nSPS) is 23.4. The maximum absolute atomic E-state index is 4.43. The van der Waals surface area contributed by atoms with E-state index in [-0.39, 0.29) is 0 Å². The summed E-state index contributed by atoms with van der Waals surface area (Å²) in [6.07, 6.45) is 4.46. The lowest BCUT2D eigenvalue weighted by atomic mass is 9.77. The average molecular weight is 226 g/mol. The van der Waals surface area contributed by atoms with E-state index >= 15 is 0 Å². The molecule has 2 heteroatoms. The molecule has 0 aliphatic heterocycles. The van der Waals surface area contributed by atoms with Crippen molar-refractivity contribution >= 4 is 0 Å². The smallest absolute Gasteiger partial charge is 0.0530 e. The molecule has 1 heterocycles. The van der Waals surface area contributed by atoms with Gasteiger partial charge in [-0.05, 0) is 24.3 Å². The molecule has 0 amide bonds. The van der Waals surface area contributed by atoms with Gasteiger partial charge >= 0.3 is 0 Å². The zero-order chi connectivity index (χ0) is 11.8. The molecule has 0 saturated carbocycles. The number of nitrogens with zero attached hydrogens (tertiary/aromatic N) is 2. The van der Waals surface area contributed by atoms with Crippen LogP contribution in [0.2, 0.25) is 0 Å². The van der Waals surface area contributed by atoms with Gasteiger partial charge in [0.25, 0.3) is 0 Å². The van der Waals surface area contributed by atoms with Gasteiger partial charge in [0.2, 0.25) is 0 Å². The highest BCUT2D eigenvalue weighted by molar-refractivity contribution is 5.36. The van der Waals surface area contributed by atoms with Crippen LogP contribution in [0.25, 0.3) is 0 Å². The van der Waals surface area contributed by atoms with Gasteiger partial charge in [0.05, 0.1) is 6.20 Å². The third kappa shape index (κ3) is 1.78. The molecule has 3 rings (SSSR count). The number of hydrogen-bond donors (Lipinski definition) is 0. The molecule has 2 aromatic rings. The fourth-order valence-electron chi connectivity index (χ4n) is 2.96. The second-order valence-electron chi connectivity index (χ2n) is 5.18. The first-order valence-electron chi connectivity index (χ1n) is 6.31. The van der Waals surface area contributed by atoms with Crippen molar-refractivity contribution in [3.05, 3.63) is 53.3 Å². The monoisotopic (exact) mass is 226 g/mol. The summed E-state index contributed by atoms with van der Waals surface area (Å²) in [5, 5.41) is 4.43. The standard InChI is InChI=1S/C15H18N2/c1-11-8-13(12-6-4-3-5-7-12)14-10-16-17(2)15(14)9-11/h3-7,10-11,13H,8-9H2,1-2H3/t11-,13-/m0/s1. The molecule has 0 unspecified atom stereocenters. The van der Waals surface area contributed by atoms with Crippen LogP contribution in [-0.4, -0.2) is 9.78 Å². The molecule has 1 aromatic heterocycles. The Labute approximate surface area is 102 Å². The Morgan fingerprint density at radius 1 is 1.24 bits per heavy atom. The molecular formula is C15H18N2. The summed E-state index contributed by atoms with van der Waals surface area (Å²) >= 11 is 0. The van der Waals surface area contributed by atoms with Crippen LogP contribution in [0.3, 0.4) is 0 Å². The summed E-state index contributed by atoms with van der Waals surface area (Å²) in [4.78, 5) is 0. The molecule has 2 atom stereocenters. The largest absolute Gasteiger partial charge is 0.272 e. The van der Waals surface area contributed by atoms with E-state index in [2.05, 4.69) is 55.6 Å². The van der Waals surface area contributed by atoms with Crippen LogP contribution in [-0.2, 0) is 13.5 Å². The van der Waals surface area contributed by atoms with E-state index in [1.165, 1.54) is 23.2 Å². The summed E-state index contributed by atoms with van der Waals surface area (Å²) in [6.45, 7) is 2.34. The Hall–Kier alpha value is -1.57. The predicted octanol–water partition coefficient (Wildman–Crippen LogP) is 3.13. The summed E-state index contributed by atoms with van der Waals surface area (Å²) in [6, 6.07) is 10.8. The predicted molar refractivity (Wildman–Crippen MR) is 69.0 cm³/mol. The molecule has 1 aliphatic carbocycles. The number of hydrogen-bond acceptors (Lipinski definition) is 1. The van der Waals surface area contributed by atoms with Crippen molar-refractivity contribution in [1.82, 2.24) is 9.78 Å². The first kappa shape index (κ1) is 10.6. The van der Waals surface area contributed by atoms with E-state index in [9.17, 15) is 0 Å². The van der Waals surface area contributed by atoms with Gasteiger partial charge in [-0.3, -0.25) is 4.68 Å². The Balaban J connectivity index is 2.07. The van der Waals surface area contributed by atoms with Crippen LogP contribution < -0.4 is 0 Å². The minimum absolute atomic E-state index is 0.531. The van der Waals surface area contributed by atoms with Gasteiger partial charge < -0.3 is 0 Å². The highest BCUT2D eigenvalue weighted by Gasteiger charge is 2.28. The Bertz CT molecular complexity index is 513. The third-order valence-corrected chi connectivity index (χ3v) is 3.85. The number of fused-ring (bicyclic) bond motifs is 1. The Morgan fingerprint density at radius 2 is 2.00 bits per heavy atom. The van der Waals surface area contributed by atoms with Gasteiger partial charge in [0.15, 0.2) is 0 Å². The molecule has 0 saturated heterocycles. The van der Waals surface area contributed by atoms with E-state index in [0.29, 0.717) is 5.92 Å². The number of rotatable bonds is 1. The van der Waals surface area contributed by atoms with Crippen LogP contribution in [0.1, 0.15) is 36.1 Å². The number of aromatic nitrogens is 2. The zero-order valence-electron chi connectivity index (χ0n) is 10.4. The molecule has 2 nitrogen and oxygen atoms in total. The highest BCUT2D eigenvalue weighted by Crippen LogP contribution is 2.38. The van der Waals surface area contributed by atoms with Gasteiger partial charge in [0, 0.05) is 24.2 Å². The third-order valence-electron chi connectivity index (χ3n) is 3.85. The van der Waals surface area contributed by atoms with Crippen molar-refractivity contribution in [2.24, 2.45) is 13.0 Å². The molecule has 0 radical (unpaired) electrons. The summed E-state index contributed by atoms with van der Waals surface area (Å²) in [5.74, 6) is 1.27. The summed E-state index contributed by atoms with van der Waals surface area (Å²) in [5.41, 5.74) is 4.27. The first-order chi connectivity index (χ1) is 8.25. The van der Waals surface area contributed by atoms with E-state index < -0.39 is 0 Å². The van der Waals surface area contributed by atoms with E-state index in [4.69, 9.17) is 0 Å². The van der Waals surface area contributed by atoms with Gasteiger partial charge in [-0.15, -0.1) is 0 Å². The van der Waals surface area contributed by atoms with Crippen LogP contribution in [0.4, 0.5) is 0 Å². The van der Waals surface area contributed by atoms with Crippen molar-refractivity contribution in [3.8, 4) is 0 Å². The van der Waals surface area contributed by atoms with Crippen molar-refractivity contribution in [1.29, 1.82) is 0 Å².